The van der Waals surface area contributed by atoms with E-state index in [1.165, 1.54) is 0 Å². The zero-order chi connectivity index (χ0) is 16.2. The number of allylic oxidation sites excluding steroid dienone is 9. The minimum absolute atomic E-state index is 0.449. The molecule has 22 heavy (non-hydrogen) atoms. The van der Waals surface area contributed by atoms with Crippen LogP contribution in [0.4, 0.5) is 4.39 Å². The molecule has 0 N–H and O–H groups in total. The second-order valence-corrected chi connectivity index (χ2v) is 4.64. The van der Waals surface area contributed by atoms with E-state index in [4.69, 9.17) is 0 Å². The van der Waals surface area contributed by atoms with Gasteiger partial charge in [-0.2, -0.15) is 0 Å². The quantitative estimate of drug-likeness (QED) is 0.482. The molecule has 0 spiro atoms. The zero-order valence-electron chi connectivity index (χ0n) is 13.1. The highest BCUT2D eigenvalue weighted by atomic mass is 19.1. The average Bonchev–Trinajstić information content (AvgIpc) is 2.53. The first-order valence-corrected chi connectivity index (χ1v) is 7.19. The molecule has 0 atom stereocenters. The molecular formula is C21H21F. The van der Waals surface area contributed by atoms with Crippen LogP contribution >= 0.6 is 0 Å². The number of hydrogen-bond acceptors (Lipinski definition) is 0. The van der Waals surface area contributed by atoms with E-state index in [1.807, 2.05) is 68.5 Å². The first kappa shape index (κ1) is 17.5. The Morgan fingerprint density at radius 1 is 1.09 bits per heavy atom. The van der Waals surface area contributed by atoms with Gasteiger partial charge in [-0.05, 0) is 43.2 Å². The first-order valence-electron chi connectivity index (χ1n) is 7.19. The summed E-state index contributed by atoms with van der Waals surface area (Å²) in [5.74, 6) is 6.20. The van der Waals surface area contributed by atoms with Crippen LogP contribution in [-0.2, 0) is 6.67 Å². The summed E-state index contributed by atoms with van der Waals surface area (Å²) < 4.78 is 12.5. The minimum Gasteiger partial charge on any atom is -0.246 e. The highest BCUT2D eigenvalue weighted by Gasteiger charge is 1.92. The van der Waals surface area contributed by atoms with Crippen molar-refractivity contribution in [3.8, 4) is 11.8 Å². The van der Waals surface area contributed by atoms with Crippen molar-refractivity contribution in [2.45, 2.75) is 20.5 Å². The van der Waals surface area contributed by atoms with Crippen molar-refractivity contribution in [1.82, 2.24) is 0 Å². The van der Waals surface area contributed by atoms with Gasteiger partial charge in [-0.1, -0.05) is 67.0 Å². The Bertz CT molecular complexity index is 656. The predicted octanol–water partition coefficient (Wildman–Crippen LogP) is 5.70. The van der Waals surface area contributed by atoms with Gasteiger partial charge in [0.05, 0.1) is 0 Å². The Hall–Kier alpha value is -2.59. The Balaban J connectivity index is 2.92. The molecule has 1 aromatic rings. The van der Waals surface area contributed by atoms with Crippen LogP contribution in [0.25, 0.3) is 0 Å². The standard InChI is InChI=1S/C21H21F/c1-4-6-7-9-18(3)16-20(8-5-2)13-10-19-11-14-21(17-22)15-12-19/h4-9,11-12,14-16H,3,17H2,1-2H3/b6-4-,8-5-,9-7-,20-16+. The van der Waals surface area contributed by atoms with Gasteiger partial charge in [0.15, 0.2) is 0 Å². The molecule has 0 unspecified atom stereocenters. The van der Waals surface area contributed by atoms with Crippen molar-refractivity contribution < 1.29 is 4.39 Å². The van der Waals surface area contributed by atoms with Crippen LogP contribution in [0.2, 0.25) is 0 Å². The smallest absolute Gasteiger partial charge is 0.115 e. The largest absolute Gasteiger partial charge is 0.246 e. The van der Waals surface area contributed by atoms with E-state index in [2.05, 4.69) is 18.4 Å². The second-order valence-electron chi connectivity index (χ2n) is 4.64. The fraction of sp³-hybridized carbons (Fsp3) is 0.143. The van der Waals surface area contributed by atoms with E-state index in [-0.39, 0.29) is 0 Å². The van der Waals surface area contributed by atoms with Gasteiger partial charge in [-0.3, -0.25) is 0 Å². The van der Waals surface area contributed by atoms with Crippen LogP contribution in [-0.4, -0.2) is 0 Å². The summed E-state index contributed by atoms with van der Waals surface area (Å²) in [6, 6.07) is 7.16. The maximum absolute atomic E-state index is 12.5. The van der Waals surface area contributed by atoms with Gasteiger partial charge in [-0.25, -0.2) is 4.39 Å². The summed E-state index contributed by atoms with van der Waals surface area (Å²) in [5.41, 5.74) is 3.29. The third-order valence-corrected chi connectivity index (χ3v) is 2.76. The van der Waals surface area contributed by atoms with Crippen molar-refractivity contribution >= 4 is 0 Å². The molecule has 0 aliphatic rings. The lowest BCUT2D eigenvalue weighted by molar-refractivity contribution is 0.485. The van der Waals surface area contributed by atoms with Gasteiger partial charge in [0.1, 0.15) is 6.67 Å². The second kappa shape index (κ2) is 10.2. The summed E-state index contributed by atoms with van der Waals surface area (Å²) in [6.45, 7) is 7.45. The van der Waals surface area contributed by atoms with Crippen molar-refractivity contribution in [2.24, 2.45) is 0 Å². The molecule has 0 saturated heterocycles. The molecule has 1 aromatic carbocycles. The summed E-state index contributed by atoms with van der Waals surface area (Å²) in [6.07, 6.45) is 13.6. The lowest BCUT2D eigenvalue weighted by atomic mass is 10.1. The van der Waals surface area contributed by atoms with Crippen LogP contribution in [0, 0.1) is 11.8 Å². The van der Waals surface area contributed by atoms with Crippen molar-refractivity contribution in [3.63, 3.8) is 0 Å². The normalized spacial score (nSPS) is 12.0. The summed E-state index contributed by atoms with van der Waals surface area (Å²) >= 11 is 0. The molecule has 0 aromatic heterocycles. The third-order valence-electron chi connectivity index (χ3n) is 2.76. The maximum Gasteiger partial charge on any atom is 0.115 e. The van der Waals surface area contributed by atoms with Gasteiger partial charge < -0.3 is 0 Å². The van der Waals surface area contributed by atoms with Crippen LogP contribution in [0.3, 0.4) is 0 Å². The van der Waals surface area contributed by atoms with Crippen LogP contribution in [0.1, 0.15) is 25.0 Å². The van der Waals surface area contributed by atoms with Crippen LogP contribution < -0.4 is 0 Å². The molecular weight excluding hydrogens is 271 g/mol. The highest BCUT2D eigenvalue weighted by molar-refractivity contribution is 5.49. The molecule has 0 fully saturated rings. The molecule has 0 aliphatic heterocycles. The first-order chi connectivity index (χ1) is 10.7. The van der Waals surface area contributed by atoms with E-state index >= 15 is 0 Å². The number of rotatable bonds is 5. The fourth-order valence-electron chi connectivity index (χ4n) is 1.67. The highest BCUT2D eigenvalue weighted by Crippen LogP contribution is 2.07. The minimum atomic E-state index is -0.449. The molecule has 0 aliphatic carbocycles. The Labute approximate surface area is 133 Å². The van der Waals surface area contributed by atoms with Gasteiger partial charge in [-0.15, -0.1) is 0 Å². The molecule has 0 nitrogen and oxygen atoms in total. The lowest BCUT2D eigenvalue weighted by Gasteiger charge is -1.95. The van der Waals surface area contributed by atoms with Crippen molar-refractivity contribution in [2.75, 3.05) is 0 Å². The molecule has 112 valence electrons. The van der Waals surface area contributed by atoms with Crippen LogP contribution in [0.15, 0.2) is 84.5 Å². The number of benzene rings is 1. The van der Waals surface area contributed by atoms with E-state index in [0.29, 0.717) is 5.56 Å². The molecule has 1 heteroatoms. The number of hydrogen-bond donors (Lipinski definition) is 0. The summed E-state index contributed by atoms with van der Waals surface area (Å²) in [5, 5.41) is 0. The lowest BCUT2D eigenvalue weighted by Crippen LogP contribution is -1.80. The van der Waals surface area contributed by atoms with Gasteiger partial charge in [0.25, 0.3) is 0 Å². The molecule has 0 radical (unpaired) electrons. The zero-order valence-corrected chi connectivity index (χ0v) is 13.1. The number of halogens is 1. The van der Waals surface area contributed by atoms with Gasteiger partial charge >= 0.3 is 0 Å². The molecule has 0 bridgehead atoms. The summed E-state index contributed by atoms with van der Waals surface area (Å²) in [7, 11) is 0. The Morgan fingerprint density at radius 2 is 1.82 bits per heavy atom. The Morgan fingerprint density at radius 3 is 2.41 bits per heavy atom. The van der Waals surface area contributed by atoms with Gasteiger partial charge in [0, 0.05) is 11.1 Å². The Kier molecular flexibility index (Phi) is 8.08. The van der Waals surface area contributed by atoms with E-state index in [0.717, 1.165) is 16.7 Å². The SMILES string of the molecule is C=C(/C=C\C=C/C)/C=C(C#Cc1ccc(CF)cc1)\C=C/C. The predicted molar refractivity (Wildman–Crippen MR) is 94.1 cm³/mol. The molecule has 0 heterocycles. The van der Waals surface area contributed by atoms with Crippen LogP contribution in [0.5, 0.6) is 0 Å². The van der Waals surface area contributed by atoms with E-state index < -0.39 is 6.67 Å². The maximum atomic E-state index is 12.5. The molecule has 0 saturated carbocycles. The van der Waals surface area contributed by atoms with E-state index in [9.17, 15) is 4.39 Å². The number of alkyl halides is 1. The van der Waals surface area contributed by atoms with Gasteiger partial charge in [0.2, 0.25) is 0 Å². The summed E-state index contributed by atoms with van der Waals surface area (Å²) in [4.78, 5) is 0. The van der Waals surface area contributed by atoms with Crippen molar-refractivity contribution in [3.05, 3.63) is 95.6 Å². The van der Waals surface area contributed by atoms with Crippen molar-refractivity contribution in [1.29, 1.82) is 0 Å². The van der Waals surface area contributed by atoms with E-state index in [1.54, 1.807) is 12.1 Å². The molecule has 0 amide bonds. The third kappa shape index (κ3) is 6.72. The average molecular weight is 292 g/mol. The molecule has 1 rings (SSSR count). The topological polar surface area (TPSA) is 0 Å². The fourth-order valence-corrected chi connectivity index (χ4v) is 1.67. The monoisotopic (exact) mass is 292 g/mol.